The number of anilines is 1. The van der Waals surface area contributed by atoms with Gasteiger partial charge in [0.15, 0.2) is 0 Å². The molecule has 1 saturated heterocycles. The van der Waals surface area contributed by atoms with Crippen molar-refractivity contribution in [3.63, 3.8) is 0 Å². The minimum absolute atomic E-state index is 0.168. The lowest BCUT2D eigenvalue weighted by Gasteiger charge is -2.34. The van der Waals surface area contributed by atoms with Crippen LogP contribution in [0.15, 0.2) is 18.2 Å². The van der Waals surface area contributed by atoms with Crippen LogP contribution in [0.1, 0.15) is 18.9 Å². The molecule has 0 saturated carbocycles. The lowest BCUT2D eigenvalue weighted by atomic mass is 10.1. The average molecular weight is 329 g/mol. The van der Waals surface area contributed by atoms with Crippen LogP contribution in [0.25, 0.3) is 0 Å². The summed E-state index contributed by atoms with van der Waals surface area (Å²) in [6.45, 7) is 4.49. The van der Waals surface area contributed by atoms with Gasteiger partial charge in [-0.1, -0.05) is 22.9 Å². The van der Waals surface area contributed by atoms with Gasteiger partial charge in [0.2, 0.25) is 0 Å². The van der Waals surface area contributed by atoms with Crippen LogP contribution in [0.2, 0.25) is 0 Å². The van der Waals surface area contributed by atoms with Crippen molar-refractivity contribution in [3.05, 3.63) is 33.9 Å². The van der Waals surface area contributed by atoms with Gasteiger partial charge in [-0.15, -0.1) is 0 Å². The molecule has 6 heteroatoms. The van der Waals surface area contributed by atoms with E-state index < -0.39 is 0 Å². The first kappa shape index (κ1) is 14.3. The van der Waals surface area contributed by atoms with Gasteiger partial charge >= 0.3 is 0 Å². The first-order chi connectivity index (χ1) is 9.15. The molecule has 1 atom stereocenters. The minimum Gasteiger partial charge on any atom is -0.375 e. The van der Waals surface area contributed by atoms with Gasteiger partial charge in [-0.2, -0.15) is 0 Å². The molecule has 1 aliphatic heterocycles. The minimum atomic E-state index is -0.339. The second-order valence-corrected chi connectivity index (χ2v) is 5.11. The maximum absolute atomic E-state index is 10.9. The molecular weight excluding hydrogens is 312 g/mol. The molecule has 1 aromatic carbocycles. The second-order valence-electron chi connectivity index (χ2n) is 4.55. The van der Waals surface area contributed by atoms with Crippen LogP contribution in [0.4, 0.5) is 11.4 Å². The number of alkyl halides is 1. The van der Waals surface area contributed by atoms with Gasteiger partial charge in [-0.05, 0) is 18.6 Å². The van der Waals surface area contributed by atoms with Crippen molar-refractivity contribution in [2.45, 2.75) is 24.8 Å². The first-order valence-electron chi connectivity index (χ1n) is 6.35. The number of hydrogen-bond acceptors (Lipinski definition) is 4. The Bertz CT molecular complexity index is 467. The highest BCUT2D eigenvalue weighted by Crippen LogP contribution is 2.28. The van der Waals surface area contributed by atoms with Crippen molar-refractivity contribution >= 4 is 27.3 Å². The molecule has 1 unspecified atom stereocenters. The number of morpholine rings is 1. The zero-order valence-electron chi connectivity index (χ0n) is 10.8. The largest absolute Gasteiger partial charge is 0.375 e. The number of ether oxygens (including phenoxy) is 1. The van der Waals surface area contributed by atoms with Gasteiger partial charge in [-0.25, -0.2) is 0 Å². The molecular formula is C13H17BrN2O3. The SMILES string of the molecule is CCC1CN(c2ccc([N+](=O)[O-])c(CBr)c2)CCO1. The summed E-state index contributed by atoms with van der Waals surface area (Å²) in [5.74, 6) is 0. The maximum atomic E-state index is 10.9. The predicted octanol–water partition coefficient (Wildman–Crippen LogP) is 3.10. The number of halogens is 1. The molecule has 1 aromatic rings. The molecule has 0 bridgehead atoms. The molecule has 0 aliphatic carbocycles. The molecule has 0 aromatic heterocycles. The highest BCUT2D eigenvalue weighted by atomic mass is 79.9. The summed E-state index contributed by atoms with van der Waals surface area (Å²) in [5.41, 5.74) is 1.91. The quantitative estimate of drug-likeness (QED) is 0.484. The lowest BCUT2D eigenvalue weighted by molar-refractivity contribution is -0.385. The molecule has 19 heavy (non-hydrogen) atoms. The number of nitro groups is 1. The number of benzene rings is 1. The summed E-state index contributed by atoms with van der Waals surface area (Å²) in [5, 5.41) is 11.4. The van der Waals surface area contributed by atoms with E-state index in [4.69, 9.17) is 4.74 Å². The Morgan fingerprint density at radius 1 is 1.58 bits per heavy atom. The third-order valence-corrected chi connectivity index (χ3v) is 3.97. The van der Waals surface area contributed by atoms with E-state index in [2.05, 4.69) is 27.8 Å². The molecule has 1 fully saturated rings. The van der Waals surface area contributed by atoms with Crippen LogP contribution in [-0.4, -0.2) is 30.7 Å². The standard InChI is InChI=1S/C13H17BrN2O3/c1-2-12-9-15(5-6-19-12)11-3-4-13(16(17)18)10(7-11)8-14/h3-4,7,12H,2,5-6,8-9H2,1H3. The molecule has 2 rings (SSSR count). The Balaban J connectivity index is 2.23. The van der Waals surface area contributed by atoms with Crippen molar-refractivity contribution < 1.29 is 9.66 Å². The van der Waals surface area contributed by atoms with E-state index in [1.807, 2.05) is 12.1 Å². The smallest absolute Gasteiger partial charge is 0.273 e. The molecule has 5 nitrogen and oxygen atoms in total. The van der Waals surface area contributed by atoms with Crippen molar-refractivity contribution in [2.75, 3.05) is 24.6 Å². The summed E-state index contributed by atoms with van der Waals surface area (Å²) in [6, 6.07) is 5.30. The fourth-order valence-corrected chi connectivity index (χ4v) is 2.70. The highest BCUT2D eigenvalue weighted by molar-refractivity contribution is 9.08. The van der Waals surface area contributed by atoms with Crippen molar-refractivity contribution in [2.24, 2.45) is 0 Å². The Labute approximate surface area is 120 Å². The molecule has 1 aliphatic rings. The van der Waals surface area contributed by atoms with E-state index in [-0.39, 0.29) is 16.7 Å². The zero-order chi connectivity index (χ0) is 13.8. The fourth-order valence-electron chi connectivity index (χ4n) is 2.25. The summed E-state index contributed by atoms with van der Waals surface area (Å²) in [4.78, 5) is 12.8. The molecule has 0 amide bonds. The number of rotatable bonds is 4. The van der Waals surface area contributed by atoms with E-state index in [1.165, 1.54) is 0 Å². The Morgan fingerprint density at radius 2 is 2.37 bits per heavy atom. The van der Waals surface area contributed by atoms with Gasteiger partial charge in [0, 0.05) is 35.7 Å². The van der Waals surface area contributed by atoms with E-state index in [0.717, 1.165) is 25.2 Å². The van der Waals surface area contributed by atoms with E-state index in [1.54, 1.807) is 6.07 Å². The van der Waals surface area contributed by atoms with Crippen molar-refractivity contribution in [3.8, 4) is 0 Å². The van der Waals surface area contributed by atoms with Gasteiger partial charge in [0.25, 0.3) is 5.69 Å². The van der Waals surface area contributed by atoms with Gasteiger partial charge < -0.3 is 9.64 Å². The highest BCUT2D eigenvalue weighted by Gasteiger charge is 2.21. The van der Waals surface area contributed by atoms with Crippen molar-refractivity contribution in [1.82, 2.24) is 0 Å². The third-order valence-electron chi connectivity index (χ3n) is 3.36. The van der Waals surface area contributed by atoms with Crippen LogP contribution >= 0.6 is 15.9 Å². The second kappa shape index (κ2) is 6.34. The van der Waals surface area contributed by atoms with E-state index in [9.17, 15) is 10.1 Å². The molecule has 0 radical (unpaired) electrons. The van der Waals surface area contributed by atoms with Gasteiger partial charge in [0.1, 0.15) is 0 Å². The Morgan fingerprint density at radius 3 is 3.00 bits per heavy atom. The van der Waals surface area contributed by atoms with Gasteiger partial charge in [0.05, 0.1) is 17.6 Å². The molecule has 1 heterocycles. The van der Waals surface area contributed by atoms with Crippen LogP contribution < -0.4 is 4.90 Å². The van der Waals surface area contributed by atoms with Crippen molar-refractivity contribution in [1.29, 1.82) is 0 Å². The van der Waals surface area contributed by atoms with Crippen LogP contribution in [0.5, 0.6) is 0 Å². The summed E-state index contributed by atoms with van der Waals surface area (Å²) >= 11 is 3.31. The topological polar surface area (TPSA) is 55.6 Å². The van der Waals surface area contributed by atoms with Gasteiger partial charge in [-0.3, -0.25) is 10.1 Å². The van der Waals surface area contributed by atoms with E-state index >= 15 is 0 Å². The predicted molar refractivity (Wildman–Crippen MR) is 78.0 cm³/mol. The molecule has 104 valence electrons. The lowest BCUT2D eigenvalue weighted by Crippen LogP contribution is -2.42. The van der Waals surface area contributed by atoms with E-state index in [0.29, 0.717) is 17.5 Å². The summed E-state index contributed by atoms with van der Waals surface area (Å²) in [7, 11) is 0. The number of nitrogens with zero attached hydrogens (tertiary/aromatic N) is 2. The summed E-state index contributed by atoms with van der Waals surface area (Å²) in [6.07, 6.45) is 1.23. The average Bonchev–Trinajstić information content (AvgIpc) is 2.46. The Kier molecular flexibility index (Phi) is 4.76. The van der Waals surface area contributed by atoms with Crippen LogP contribution in [-0.2, 0) is 10.1 Å². The first-order valence-corrected chi connectivity index (χ1v) is 7.47. The van der Waals surface area contributed by atoms with Crippen LogP contribution in [0, 0.1) is 10.1 Å². The number of hydrogen-bond donors (Lipinski definition) is 0. The maximum Gasteiger partial charge on any atom is 0.273 e. The third kappa shape index (κ3) is 3.25. The monoisotopic (exact) mass is 328 g/mol. The Hall–Kier alpha value is -1.14. The fraction of sp³-hybridized carbons (Fsp3) is 0.538. The summed E-state index contributed by atoms with van der Waals surface area (Å²) < 4.78 is 5.64. The normalized spacial score (nSPS) is 19.5. The molecule has 0 N–H and O–H groups in total. The molecule has 0 spiro atoms. The zero-order valence-corrected chi connectivity index (χ0v) is 12.4. The number of nitro benzene ring substituents is 1. The van der Waals surface area contributed by atoms with Crippen LogP contribution in [0.3, 0.4) is 0 Å².